The highest BCUT2D eigenvalue weighted by atomic mass is 35.5. The van der Waals surface area contributed by atoms with Gasteiger partial charge in [0.1, 0.15) is 0 Å². The molecule has 2 unspecified atom stereocenters. The number of likely N-dealkylation sites (tertiary alicyclic amines) is 1. The van der Waals surface area contributed by atoms with Crippen molar-refractivity contribution < 1.29 is 0 Å². The van der Waals surface area contributed by atoms with Gasteiger partial charge in [0, 0.05) is 30.7 Å². The van der Waals surface area contributed by atoms with Crippen molar-refractivity contribution >= 4 is 11.6 Å². The third-order valence-corrected chi connectivity index (χ3v) is 4.08. The predicted molar refractivity (Wildman–Crippen MR) is 73.2 cm³/mol. The molecular formula is C14H21ClN2. The first-order valence-corrected chi connectivity index (χ1v) is 6.73. The fourth-order valence-electron chi connectivity index (χ4n) is 2.56. The van der Waals surface area contributed by atoms with Crippen LogP contribution in [0.15, 0.2) is 18.2 Å². The molecule has 2 N–H and O–H groups in total. The summed E-state index contributed by atoms with van der Waals surface area (Å²) < 4.78 is 0. The molecule has 1 heterocycles. The van der Waals surface area contributed by atoms with Crippen molar-refractivity contribution in [3.63, 3.8) is 0 Å². The van der Waals surface area contributed by atoms with E-state index in [0.29, 0.717) is 12.0 Å². The van der Waals surface area contributed by atoms with Crippen LogP contribution >= 0.6 is 11.6 Å². The molecule has 0 spiro atoms. The van der Waals surface area contributed by atoms with E-state index in [1.54, 1.807) is 0 Å². The molecule has 2 nitrogen and oxygen atoms in total. The molecule has 1 aromatic carbocycles. The highest BCUT2D eigenvalue weighted by Gasteiger charge is 2.27. The molecule has 3 heteroatoms. The first-order valence-electron chi connectivity index (χ1n) is 6.36. The Kier molecular flexibility index (Phi) is 4.08. The van der Waals surface area contributed by atoms with Crippen LogP contribution in [-0.2, 0) is 13.0 Å². The van der Waals surface area contributed by atoms with Crippen molar-refractivity contribution in [1.29, 1.82) is 0 Å². The first kappa shape index (κ1) is 12.9. The fourth-order valence-corrected chi connectivity index (χ4v) is 2.81. The van der Waals surface area contributed by atoms with Gasteiger partial charge < -0.3 is 5.73 Å². The molecular weight excluding hydrogens is 232 g/mol. The van der Waals surface area contributed by atoms with Gasteiger partial charge in [0.05, 0.1) is 0 Å². The number of halogens is 1. The third-order valence-electron chi connectivity index (χ3n) is 3.72. The van der Waals surface area contributed by atoms with Crippen molar-refractivity contribution in [2.24, 2.45) is 11.7 Å². The number of hydrogen-bond donors (Lipinski definition) is 1. The van der Waals surface area contributed by atoms with E-state index in [1.807, 2.05) is 12.1 Å². The van der Waals surface area contributed by atoms with Crippen molar-refractivity contribution in [3.8, 4) is 0 Å². The molecule has 1 aliphatic rings. The van der Waals surface area contributed by atoms with E-state index in [2.05, 4.69) is 24.8 Å². The predicted octanol–water partition coefficient (Wildman–Crippen LogP) is 2.68. The van der Waals surface area contributed by atoms with Gasteiger partial charge in [-0.2, -0.15) is 0 Å². The van der Waals surface area contributed by atoms with E-state index in [9.17, 15) is 0 Å². The summed E-state index contributed by atoms with van der Waals surface area (Å²) in [4.78, 5) is 2.41. The van der Waals surface area contributed by atoms with Gasteiger partial charge in [-0.1, -0.05) is 37.6 Å². The quantitative estimate of drug-likeness (QED) is 0.896. The van der Waals surface area contributed by atoms with Crippen LogP contribution in [0.25, 0.3) is 0 Å². The summed E-state index contributed by atoms with van der Waals surface area (Å²) in [6, 6.07) is 6.49. The summed E-state index contributed by atoms with van der Waals surface area (Å²) in [7, 11) is 0. The Balaban J connectivity index is 2.13. The average molecular weight is 253 g/mol. The minimum absolute atomic E-state index is 0.308. The highest BCUT2D eigenvalue weighted by Crippen LogP contribution is 2.25. The number of rotatable bonds is 3. The number of nitrogens with two attached hydrogens (primary N) is 1. The largest absolute Gasteiger partial charge is 0.326 e. The lowest BCUT2D eigenvalue weighted by Gasteiger charge is -2.18. The topological polar surface area (TPSA) is 29.3 Å². The molecule has 0 saturated carbocycles. The smallest absolute Gasteiger partial charge is 0.0453 e. The summed E-state index contributed by atoms with van der Waals surface area (Å²) in [5.41, 5.74) is 8.68. The normalized spacial score (nSPS) is 25.4. The molecule has 0 radical (unpaired) electrons. The lowest BCUT2D eigenvalue weighted by Crippen LogP contribution is -2.28. The third kappa shape index (κ3) is 2.82. The van der Waals surface area contributed by atoms with Crippen LogP contribution in [0.1, 0.15) is 25.0 Å². The second-order valence-corrected chi connectivity index (χ2v) is 5.47. The molecule has 0 bridgehead atoms. The number of hydrogen-bond acceptors (Lipinski definition) is 2. The van der Waals surface area contributed by atoms with Crippen LogP contribution in [0.2, 0.25) is 5.02 Å². The maximum absolute atomic E-state index is 6.30. The van der Waals surface area contributed by atoms with Crippen LogP contribution in [0.4, 0.5) is 0 Å². The monoisotopic (exact) mass is 252 g/mol. The van der Waals surface area contributed by atoms with Gasteiger partial charge in [0.15, 0.2) is 0 Å². The molecule has 17 heavy (non-hydrogen) atoms. The molecule has 1 aromatic rings. The van der Waals surface area contributed by atoms with E-state index in [0.717, 1.165) is 31.1 Å². The molecule has 0 aromatic heterocycles. The molecule has 1 fully saturated rings. The Bertz CT molecular complexity index is 382. The summed E-state index contributed by atoms with van der Waals surface area (Å²) in [5.74, 6) is 0.586. The van der Waals surface area contributed by atoms with Crippen LogP contribution in [0, 0.1) is 5.92 Å². The van der Waals surface area contributed by atoms with Crippen LogP contribution < -0.4 is 5.73 Å². The van der Waals surface area contributed by atoms with Crippen LogP contribution in [0.5, 0.6) is 0 Å². The average Bonchev–Trinajstić information content (AvgIpc) is 2.61. The molecule has 94 valence electrons. The Hall–Kier alpha value is -0.570. The molecule has 1 aliphatic heterocycles. The van der Waals surface area contributed by atoms with Gasteiger partial charge in [0.25, 0.3) is 0 Å². The highest BCUT2D eigenvalue weighted by molar-refractivity contribution is 6.31. The zero-order valence-corrected chi connectivity index (χ0v) is 11.4. The van der Waals surface area contributed by atoms with Crippen LogP contribution in [-0.4, -0.2) is 24.0 Å². The second-order valence-electron chi connectivity index (χ2n) is 5.07. The van der Waals surface area contributed by atoms with E-state index in [-0.39, 0.29) is 0 Å². The zero-order valence-electron chi connectivity index (χ0n) is 10.6. The molecule has 1 saturated heterocycles. The number of aryl methyl sites for hydroxylation is 1. The SMILES string of the molecule is CCc1cccc(Cl)c1CN1CC(C)C(N)C1. The Morgan fingerprint density at radius 1 is 1.41 bits per heavy atom. The van der Waals surface area contributed by atoms with Crippen molar-refractivity contribution in [3.05, 3.63) is 34.3 Å². The Labute approximate surface area is 109 Å². The first-order chi connectivity index (χ1) is 8.11. The Morgan fingerprint density at radius 2 is 2.18 bits per heavy atom. The van der Waals surface area contributed by atoms with E-state index in [4.69, 9.17) is 17.3 Å². The molecule has 2 atom stereocenters. The lowest BCUT2D eigenvalue weighted by molar-refractivity contribution is 0.318. The zero-order chi connectivity index (χ0) is 12.4. The van der Waals surface area contributed by atoms with Gasteiger partial charge >= 0.3 is 0 Å². The minimum Gasteiger partial charge on any atom is -0.326 e. The van der Waals surface area contributed by atoms with E-state index < -0.39 is 0 Å². The van der Waals surface area contributed by atoms with E-state index in [1.165, 1.54) is 11.1 Å². The maximum atomic E-state index is 6.30. The Morgan fingerprint density at radius 3 is 2.76 bits per heavy atom. The molecule has 0 aliphatic carbocycles. The van der Waals surface area contributed by atoms with Gasteiger partial charge in [0.2, 0.25) is 0 Å². The fraction of sp³-hybridized carbons (Fsp3) is 0.571. The van der Waals surface area contributed by atoms with Crippen LogP contribution in [0.3, 0.4) is 0 Å². The summed E-state index contributed by atoms with van der Waals surface area (Å²) in [6.07, 6.45) is 1.03. The van der Waals surface area contributed by atoms with Gasteiger partial charge in [-0.05, 0) is 29.5 Å². The lowest BCUT2D eigenvalue weighted by atomic mass is 10.0. The van der Waals surface area contributed by atoms with Crippen molar-refractivity contribution in [2.45, 2.75) is 32.9 Å². The van der Waals surface area contributed by atoms with Crippen molar-refractivity contribution in [1.82, 2.24) is 4.90 Å². The molecule has 0 amide bonds. The van der Waals surface area contributed by atoms with E-state index >= 15 is 0 Å². The standard InChI is InChI=1S/C14H21ClN2/c1-3-11-5-4-6-13(15)12(11)8-17-7-10(2)14(16)9-17/h4-6,10,14H,3,7-9,16H2,1-2H3. The molecule has 2 rings (SSSR count). The van der Waals surface area contributed by atoms with Crippen molar-refractivity contribution in [2.75, 3.05) is 13.1 Å². The second kappa shape index (κ2) is 5.38. The summed E-state index contributed by atoms with van der Waals surface area (Å²) in [6.45, 7) is 7.39. The van der Waals surface area contributed by atoms with Gasteiger partial charge in [-0.15, -0.1) is 0 Å². The summed E-state index contributed by atoms with van der Waals surface area (Å²) in [5, 5.41) is 0.887. The van der Waals surface area contributed by atoms with Gasteiger partial charge in [-0.25, -0.2) is 0 Å². The van der Waals surface area contributed by atoms with Gasteiger partial charge in [-0.3, -0.25) is 4.90 Å². The number of nitrogens with zero attached hydrogens (tertiary/aromatic N) is 1. The maximum Gasteiger partial charge on any atom is 0.0453 e. The number of benzene rings is 1. The summed E-state index contributed by atoms with van der Waals surface area (Å²) >= 11 is 6.30. The minimum atomic E-state index is 0.308.